The summed E-state index contributed by atoms with van der Waals surface area (Å²) in [5.74, 6) is 0.509. The van der Waals surface area contributed by atoms with Crippen LogP contribution in [0.15, 0.2) is 29.3 Å². The van der Waals surface area contributed by atoms with Crippen molar-refractivity contribution in [3.63, 3.8) is 0 Å². The Morgan fingerprint density at radius 3 is 2.69 bits per heavy atom. The van der Waals surface area contributed by atoms with Crippen molar-refractivity contribution in [2.24, 2.45) is 4.99 Å². The lowest BCUT2D eigenvalue weighted by Crippen LogP contribution is -2.36. The van der Waals surface area contributed by atoms with Gasteiger partial charge in [0.05, 0.1) is 0 Å². The molecule has 0 aliphatic carbocycles. The van der Waals surface area contributed by atoms with Crippen molar-refractivity contribution in [2.45, 2.75) is 13.5 Å². The van der Waals surface area contributed by atoms with Crippen LogP contribution in [-0.4, -0.2) is 19.6 Å². The number of guanidine groups is 1. The summed E-state index contributed by atoms with van der Waals surface area (Å²) in [4.78, 5) is 4.02. The van der Waals surface area contributed by atoms with E-state index in [1.807, 2.05) is 13.0 Å². The van der Waals surface area contributed by atoms with E-state index in [1.54, 1.807) is 13.1 Å². The molecule has 1 aromatic carbocycles. The van der Waals surface area contributed by atoms with Gasteiger partial charge >= 0.3 is 0 Å². The van der Waals surface area contributed by atoms with Crippen molar-refractivity contribution >= 4 is 29.9 Å². The molecule has 0 atom stereocenters. The number of aliphatic imine (C=N–C) groups is 1. The summed E-state index contributed by atoms with van der Waals surface area (Å²) in [6, 6.07) is 6.51. The van der Waals surface area contributed by atoms with Crippen LogP contribution in [0.5, 0.6) is 0 Å². The van der Waals surface area contributed by atoms with Crippen molar-refractivity contribution in [1.82, 2.24) is 10.6 Å². The molecule has 0 unspecified atom stereocenters. The van der Waals surface area contributed by atoms with E-state index >= 15 is 0 Å². The molecular weight excluding hydrogens is 320 g/mol. The van der Waals surface area contributed by atoms with Crippen molar-refractivity contribution in [1.29, 1.82) is 0 Å². The Hall–Kier alpha value is -0.850. The number of hydrogen-bond donors (Lipinski definition) is 2. The molecule has 16 heavy (non-hydrogen) atoms. The SMILES string of the molecule is CCNC(=NC)NCc1cccc(F)c1.I. The van der Waals surface area contributed by atoms with Crippen LogP contribution in [-0.2, 0) is 6.54 Å². The first-order valence-electron chi connectivity index (χ1n) is 4.95. The van der Waals surface area contributed by atoms with Crippen LogP contribution < -0.4 is 10.6 Å². The fourth-order valence-corrected chi connectivity index (χ4v) is 1.22. The maximum absolute atomic E-state index is 12.8. The zero-order valence-electron chi connectivity index (χ0n) is 9.46. The van der Waals surface area contributed by atoms with Crippen molar-refractivity contribution < 1.29 is 4.39 Å². The largest absolute Gasteiger partial charge is 0.357 e. The number of hydrogen-bond acceptors (Lipinski definition) is 1. The fourth-order valence-electron chi connectivity index (χ4n) is 1.22. The molecule has 0 bridgehead atoms. The molecule has 90 valence electrons. The second-order valence-electron chi connectivity index (χ2n) is 3.09. The van der Waals surface area contributed by atoms with E-state index in [2.05, 4.69) is 15.6 Å². The molecule has 0 aliphatic rings. The molecule has 0 spiro atoms. The molecule has 3 nitrogen and oxygen atoms in total. The first-order chi connectivity index (χ1) is 7.26. The summed E-state index contributed by atoms with van der Waals surface area (Å²) < 4.78 is 12.8. The van der Waals surface area contributed by atoms with E-state index < -0.39 is 0 Å². The van der Waals surface area contributed by atoms with Crippen LogP contribution in [0.2, 0.25) is 0 Å². The molecule has 0 aliphatic heterocycles. The van der Waals surface area contributed by atoms with Gasteiger partial charge in [0.2, 0.25) is 0 Å². The van der Waals surface area contributed by atoms with E-state index in [0.29, 0.717) is 6.54 Å². The predicted octanol–water partition coefficient (Wildman–Crippen LogP) is 2.13. The van der Waals surface area contributed by atoms with E-state index in [4.69, 9.17) is 0 Å². The standard InChI is InChI=1S/C11H16FN3.HI/c1-3-14-11(13-2)15-8-9-5-4-6-10(12)7-9;/h4-7H,3,8H2,1-2H3,(H2,13,14,15);1H. The molecule has 0 amide bonds. The minimum absolute atomic E-state index is 0. The van der Waals surface area contributed by atoms with Gasteiger partial charge < -0.3 is 10.6 Å². The van der Waals surface area contributed by atoms with Crippen molar-refractivity contribution in [3.8, 4) is 0 Å². The second-order valence-corrected chi connectivity index (χ2v) is 3.09. The highest BCUT2D eigenvalue weighted by atomic mass is 127. The highest BCUT2D eigenvalue weighted by molar-refractivity contribution is 14.0. The van der Waals surface area contributed by atoms with E-state index in [1.165, 1.54) is 12.1 Å². The molecule has 0 saturated heterocycles. The topological polar surface area (TPSA) is 36.4 Å². The van der Waals surface area contributed by atoms with Gasteiger partial charge in [0, 0.05) is 20.1 Å². The van der Waals surface area contributed by atoms with Gasteiger partial charge in [-0.3, -0.25) is 4.99 Å². The molecule has 1 aromatic rings. The number of nitrogens with one attached hydrogen (secondary N) is 2. The van der Waals surface area contributed by atoms with Crippen LogP contribution in [0.25, 0.3) is 0 Å². The molecule has 5 heteroatoms. The van der Waals surface area contributed by atoms with E-state index in [-0.39, 0.29) is 29.8 Å². The molecule has 0 heterocycles. The van der Waals surface area contributed by atoms with Gasteiger partial charge in [0.25, 0.3) is 0 Å². The summed E-state index contributed by atoms with van der Waals surface area (Å²) in [6.45, 7) is 3.37. The van der Waals surface area contributed by atoms with Crippen LogP contribution >= 0.6 is 24.0 Å². The fraction of sp³-hybridized carbons (Fsp3) is 0.364. The Balaban J connectivity index is 0.00000225. The number of nitrogens with zero attached hydrogens (tertiary/aromatic N) is 1. The third-order valence-electron chi connectivity index (χ3n) is 1.92. The summed E-state index contributed by atoms with van der Waals surface area (Å²) in [5, 5.41) is 6.15. The van der Waals surface area contributed by atoms with E-state index in [9.17, 15) is 4.39 Å². The molecule has 0 radical (unpaired) electrons. The minimum Gasteiger partial charge on any atom is -0.357 e. The van der Waals surface area contributed by atoms with Gasteiger partial charge in [-0.1, -0.05) is 12.1 Å². The average Bonchev–Trinajstić information content (AvgIpc) is 2.24. The summed E-state index contributed by atoms with van der Waals surface area (Å²) in [7, 11) is 1.70. The van der Waals surface area contributed by atoms with Crippen LogP contribution in [0.3, 0.4) is 0 Å². The summed E-state index contributed by atoms with van der Waals surface area (Å²) >= 11 is 0. The van der Waals surface area contributed by atoms with Crippen molar-refractivity contribution in [2.75, 3.05) is 13.6 Å². The second kappa shape index (κ2) is 8.32. The van der Waals surface area contributed by atoms with E-state index in [0.717, 1.165) is 18.1 Å². The molecular formula is C11H17FIN3. The lowest BCUT2D eigenvalue weighted by molar-refractivity contribution is 0.624. The Morgan fingerprint density at radius 2 is 2.12 bits per heavy atom. The number of rotatable bonds is 3. The van der Waals surface area contributed by atoms with Gasteiger partial charge in [-0.15, -0.1) is 24.0 Å². The smallest absolute Gasteiger partial charge is 0.191 e. The first kappa shape index (κ1) is 15.2. The molecule has 2 N–H and O–H groups in total. The Kier molecular flexibility index (Phi) is 7.88. The minimum atomic E-state index is -0.215. The highest BCUT2D eigenvalue weighted by Crippen LogP contribution is 2.02. The maximum Gasteiger partial charge on any atom is 0.191 e. The van der Waals surface area contributed by atoms with Crippen LogP contribution in [0, 0.1) is 5.82 Å². The van der Waals surface area contributed by atoms with Crippen molar-refractivity contribution in [3.05, 3.63) is 35.6 Å². The van der Waals surface area contributed by atoms with Gasteiger partial charge in [0.15, 0.2) is 5.96 Å². The molecule has 1 rings (SSSR count). The summed E-state index contributed by atoms with van der Waals surface area (Å²) in [6.07, 6.45) is 0. The third-order valence-corrected chi connectivity index (χ3v) is 1.92. The third kappa shape index (κ3) is 5.29. The first-order valence-corrected chi connectivity index (χ1v) is 4.95. The van der Waals surface area contributed by atoms with Gasteiger partial charge in [-0.25, -0.2) is 4.39 Å². The highest BCUT2D eigenvalue weighted by Gasteiger charge is 1.97. The van der Waals surface area contributed by atoms with Gasteiger partial charge in [-0.05, 0) is 24.6 Å². The average molecular weight is 337 g/mol. The lowest BCUT2D eigenvalue weighted by atomic mass is 10.2. The quantitative estimate of drug-likeness (QED) is 0.504. The molecule has 0 saturated carbocycles. The Morgan fingerprint density at radius 1 is 1.38 bits per heavy atom. The normalized spacial score (nSPS) is 10.6. The monoisotopic (exact) mass is 337 g/mol. The van der Waals surface area contributed by atoms with Gasteiger partial charge in [-0.2, -0.15) is 0 Å². The maximum atomic E-state index is 12.8. The zero-order valence-corrected chi connectivity index (χ0v) is 11.8. The van der Waals surface area contributed by atoms with Gasteiger partial charge in [0.1, 0.15) is 5.82 Å². The Bertz CT molecular complexity index is 342. The predicted molar refractivity (Wildman–Crippen MR) is 75.7 cm³/mol. The van der Waals surface area contributed by atoms with Crippen LogP contribution in [0.4, 0.5) is 4.39 Å². The lowest BCUT2D eigenvalue weighted by Gasteiger charge is -2.09. The zero-order chi connectivity index (χ0) is 11.1. The number of benzene rings is 1. The summed E-state index contributed by atoms with van der Waals surface area (Å²) in [5.41, 5.74) is 0.897. The molecule has 0 aromatic heterocycles. The Labute approximate surface area is 113 Å². The van der Waals surface area contributed by atoms with Crippen LogP contribution in [0.1, 0.15) is 12.5 Å². The molecule has 0 fully saturated rings. The number of halogens is 2.